The summed E-state index contributed by atoms with van der Waals surface area (Å²) in [7, 11) is 0. The van der Waals surface area contributed by atoms with Gasteiger partial charge in [-0.3, -0.25) is 0 Å². The van der Waals surface area contributed by atoms with Gasteiger partial charge in [0.05, 0.1) is 12.2 Å². The van der Waals surface area contributed by atoms with E-state index < -0.39 is 6.09 Å². The standard InChI is InChI=1S/C16H14FN3O2/c17-13-6-7-15-19-14(10-20(15)9-13)8-18-16(21)22-11-12-4-2-1-3-5-12/h1-7,9-10H,8,11H2,(H,18,21). The molecule has 0 aliphatic carbocycles. The van der Waals surface area contributed by atoms with E-state index in [0.29, 0.717) is 11.3 Å². The molecule has 0 radical (unpaired) electrons. The molecule has 0 unspecified atom stereocenters. The molecule has 1 aromatic carbocycles. The Morgan fingerprint density at radius 1 is 1.18 bits per heavy atom. The van der Waals surface area contributed by atoms with E-state index >= 15 is 0 Å². The molecule has 0 aliphatic rings. The van der Waals surface area contributed by atoms with E-state index in [-0.39, 0.29) is 19.0 Å². The summed E-state index contributed by atoms with van der Waals surface area (Å²) in [6, 6.07) is 12.3. The van der Waals surface area contributed by atoms with Crippen LogP contribution in [-0.2, 0) is 17.9 Å². The summed E-state index contributed by atoms with van der Waals surface area (Å²) in [5.41, 5.74) is 2.17. The first-order valence-corrected chi connectivity index (χ1v) is 6.78. The number of ether oxygens (including phenoxy) is 1. The molecule has 0 atom stereocenters. The molecule has 6 heteroatoms. The largest absolute Gasteiger partial charge is 0.445 e. The van der Waals surface area contributed by atoms with Crippen LogP contribution in [0.1, 0.15) is 11.3 Å². The van der Waals surface area contributed by atoms with Crippen molar-refractivity contribution in [3.05, 3.63) is 71.9 Å². The van der Waals surface area contributed by atoms with Gasteiger partial charge in [-0.05, 0) is 17.7 Å². The predicted octanol–water partition coefficient (Wildman–Crippen LogP) is 2.90. The maximum Gasteiger partial charge on any atom is 0.407 e. The van der Waals surface area contributed by atoms with Gasteiger partial charge in [0, 0.05) is 12.4 Å². The number of imidazole rings is 1. The first kappa shape index (κ1) is 14.1. The normalized spacial score (nSPS) is 10.6. The molecule has 112 valence electrons. The van der Waals surface area contributed by atoms with Crippen LogP contribution in [0.3, 0.4) is 0 Å². The van der Waals surface area contributed by atoms with E-state index in [0.717, 1.165) is 5.56 Å². The summed E-state index contributed by atoms with van der Waals surface area (Å²) >= 11 is 0. The molecule has 1 N–H and O–H groups in total. The van der Waals surface area contributed by atoms with Crippen molar-refractivity contribution < 1.29 is 13.9 Å². The Kier molecular flexibility index (Phi) is 4.00. The van der Waals surface area contributed by atoms with Crippen molar-refractivity contribution in [2.45, 2.75) is 13.2 Å². The lowest BCUT2D eigenvalue weighted by Gasteiger charge is -2.05. The third-order valence-corrected chi connectivity index (χ3v) is 3.09. The van der Waals surface area contributed by atoms with Crippen molar-refractivity contribution in [2.75, 3.05) is 0 Å². The Hall–Kier alpha value is -2.89. The van der Waals surface area contributed by atoms with Gasteiger partial charge in [0.1, 0.15) is 18.1 Å². The summed E-state index contributed by atoms with van der Waals surface area (Å²) < 4.78 is 19.8. The molecule has 2 heterocycles. The van der Waals surface area contributed by atoms with E-state index in [1.54, 1.807) is 16.7 Å². The molecular formula is C16H14FN3O2. The number of carbonyl (C=O) groups excluding carboxylic acids is 1. The van der Waals surface area contributed by atoms with Gasteiger partial charge in [-0.1, -0.05) is 30.3 Å². The number of nitrogens with one attached hydrogen (secondary N) is 1. The number of hydrogen-bond acceptors (Lipinski definition) is 3. The van der Waals surface area contributed by atoms with Gasteiger partial charge < -0.3 is 14.5 Å². The minimum atomic E-state index is -0.521. The molecule has 0 saturated carbocycles. The summed E-state index contributed by atoms with van der Waals surface area (Å²) in [5, 5.41) is 2.61. The molecule has 3 rings (SSSR count). The first-order valence-electron chi connectivity index (χ1n) is 6.78. The Labute approximate surface area is 126 Å². The van der Waals surface area contributed by atoms with Gasteiger partial charge in [0.15, 0.2) is 0 Å². The maximum absolute atomic E-state index is 13.1. The Morgan fingerprint density at radius 3 is 2.82 bits per heavy atom. The predicted molar refractivity (Wildman–Crippen MR) is 78.6 cm³/mol. The lowest BCUT2D eigenvalue weighted by atomic mass is 10.2. The molecule has 0 saturated heterocycles. The molecule has 0 fully saturated rings. The zero-order chi connectivity index (χ0) is 15.4. The lowest BCUT2D eigenvalue weighted by Crippen LogP contribution is -2.23. The first-order chi connectivity index (χ1) is 10.7. The lowest BCUT2D eigenvalue weighted by molar-refractivity contribution is 0.139. The van der Waals surface area contributed by atoms with E-state index in [2.05, 4.69) is 10.3 Å². The Bertz CT molecular complexity index is 786. The van der Waals surface area contributed by atoms with E-state index in [4.69, 9.17) is 4.74 Å². The van der Waals surface area contributed by atoms with Gasteiger partial charge in [-0.25, -0.2) is 14.2 Å². The van der Waals surface area contributed by atoms with Crippen LogP contribution in [0.2, 0.25) is 0 Å². The number of carbonyl (C=O) groups is 1. The fourth-order valence-electron chi connectivity index (χ4n) is 2.04. The highest BCUT2D eigenvalue weighted by Gasteiger charge is 2.06. The molecule has 0 spiro atoms. The minimum absolute atomic E-state index is 0.211. The SMILES string of the molecule is O=C(NCc1cn2cc(F)ccc2n1)OCc1ccccc1. The van der Waals surface area contributed by atoms with Crippen LogP contribution in [-0.4, -0.2) is 15.5 Å². The van der Waals surface area contributed by atoms with Gasteiger partial charge >= 0.3 is 6.09 Å². The number of fused-ring (bicyclic) bond motifs is 1. The van der Waals surface area contributed by atoms with Gasteiger partial charge in [0.2, 0.25) is 0 Å². The van der Waals surface area contributed by atoms with Crippen LogP contribution in [0.25, 0.3) is 5.65 Å². The molecule has 2 aromatic heterocycles. The molecule has 5 nitrogen and oxygen atoms in total. The van der Waals surface area contributed by atoms with Crippen LogP contribution < -0.4 is 5.32 Å². The molecule has 3 aromatic rings. The fraction of sp³-hybridized carbons (Fsp3) is 0.125. The summed E-state index contributed by atoms with van der Waals surface area (Å²) in [6.45, 7) is 0.431. The summed E-state index contributed by atoms with van der Waals surface area (Å²) in [6.07, 6.45) is 2.47. The number of nitrogens with zero attached hydrogens (tertiary/aromatic N) is 2. The maximum atomic E-state index is 13.1. The highest BCUT2D eigenvalue weighted by molar-refractivity contribution is 5.67. The molecular weight excluding hydrogens is 285 g/mol. The average Bonchev–Trinajstić information content (AvgIpc) is 2.94. The highest BCUT2D eigenvalue weighted by Crippen LogP contribution is 2.07. The van der Waals surface area contributed by atoms with Crippen LogP contribution in [0.15, 0.2) is 54.9 Å². The van der Waals surface area contributed by atoms with E-state index in [1.807, 2.05) is 30.3 Å². The van der Waals surface area contributed by atoms with Crippen molar-refractivity contribution >= 4 is 11.7 Å². The monoisotopic (exact) mass is 299 g/mol. The number of pyridine rings is 1. The van der Waals surface area contributed by atoms with Gasteiger partial charge in [-0.2, -0.15) is 0 Å². The van der Waals surface area contributed by atoms with Crippen LogP contribution in [0.4, 0.5) is 9.18 Å². The molecule has 0 bridgehead atoms. The second-order valence-corrected chi connectivity index (χ2v) is 4.76. The Balaban J connectivity index is 1.53. The zero-order valence-corrected chi connectivity index (χ0v) is 11.7. The fourth-order valence-corrected chi connectivity index (χ4v) is 2.04. The van der Waals surface area contributed by atoms with Crippen LogP contribution in [0, 0.1) is 5.82 Å². The number of halogens is 1. The van der Waals surface area contributed by atoms with Crippen LogP contribution in [0.5, 0.6) is 0 Å². The van der Waals surface area contributed by atoms with Gasteiger partial charge in [-0.15, -0.1) is 0 Å². The number of benzene rings is 1. The molecule has 0 aliphatic heterocycles. The van der Waals surface area contributed by atoms with E-state index in [9.17, 15) is 9.18 Å². The number of rotatable bonds is 4. The number of aromatic nitrogens is 2. The summed E-state index contributed by atoms with van der Waals surface area (Å²) in [4.78, 5) is 15.9. The summed E-state index contributed by atoms with van der Waals surface area (Å²) in [5.74, 6) is -0.341. The number of alkyl carbamates (subject to hydrolysis) is 1. The van der Waals surface area contributed by atoms with Crippen molar-refractivity contribution in [1.29, 1.82) is 0 Å². The zero-order valence-electron chi connectivity index (χ0n) is 11.7. The smallest absolute Gasteiger partial charge is 0.407 e. The topological polar surface area (TPSA) is 55.6 Å². The minimum Gasteiger partial charge on any atom is -0.445 e. The van der Waals surface area contributed by atoms with Crippen molar-refractivity contribution in [3.8, 4) is 0 Å². The van der Waals surface area contributed by atoms with E-state index in [1.165, 1.54) is 12.3 Å². The second kappa shape index (κ2) is 6.26. The molecule has 1 amide bonds. The Morgan fingerprint density at radius 2 is 2.00 bits per heavy atom. The number of amides is 1. The molecule has 22 heavy (non-hydrogen) atoms. The average molecular weight is 299 g/mol. The van der Waals surface area contributed by atoms with Gasteiger partial charge in [0.25, 0.3) is 0 Å². The van der Waals surface area contributed by atoms with Crippen molar-refractivity contribution in [2.24, 2.45) is 0 Å². The third-order valence-electron chi connectivity index (χ3n) is 3.09. The van der Waals surface area contributed by atoms with Crippen molar-refractivity contribution in [3.63, 3.8) is 0 Å². The quantitative estimate of drug-likeness (QED) is 0.806. The second-order valence-electron chi connectivity index (χ2n) is 4.76. The number of hydrogen-bond donors (Lipinski definition) is 1. The highest BCUT2D eigenvalue weighted by atomic mass is 19.1. The van der Waals surface area contributed by atoms with Crippen molar-refractivity contribution in [1.82, 2.24) is 14.7 Å². The third kappa shape index (κ3) is 3.41. The van der Waals surface area contributed by atoms with Crippen LogP contribution >= 0.6 is 0 Å².